The second-order valence-electron chi connectivity index (χ2n) is 5.45. The van der Waals surface area contributed by atoms with Crippen molar-refractivity contribution in [2.45, 2.75) is 13.0 Å². The summed E-state index contributed by atoms with van der Waals surface area (Å²) in [6.45, 7) is 4.50. The highest BCUT2D eigenvalue weighted by atomic mass is 35.5. The van der Waals surface area contributed by atoms with Gasteiger partial charge in [0.15, 0.2) is 0 Å². The fourth-order valence-electron chi connectivity index (χ4n) is 3.10. The maximum absolute atomic E-state index is 13.7. The van der Waals surface area contributed by atoms with Crippen LogP contribution in [0.15, 0.2) is 30.5 Å². The average Bonchev–Trinajstić information content (AvgIpc) is 2.89. The Hall–Kier alpha value is -1.14. The fraction of sp³-hybridized carbons (Fsp3) is 0.438. The van der Waals surface area contributed by atoms with E-state index in [0.29, 0.717) is 0 Å². The summed E-state index contributed by atoms with van der Waals surface area (Å²) in [5.74, 6) is -0.0460. The van der Waals surface area contributed by atoms with Crippen LogP contribution in [-0.4, -0.2) is 48.2 Å². The van der Waals surface area contributed by atoms with Crippen LogP contribution in [0, 0.1) is 0 Å². The summed E-state index contributed by atoms with van der Waals surface area (Å²) >= 11 is 0. The Morgan fingerprint density at radius 3 is 2.52 bits per heavy atom. The van der Waals surface area contributed by atoms with E-state index < -0.39 is 6.67 Å². The maximum Gasteiger partial charge on any atom is 0.227 e. The molecule has 0 unspecified atom stereocenters. The van der Waals surface area contributed by atoms with Gasteiger partial charge >= 0.3 is 0 Å². The Labute approximate surface area is 147 Å². The third-order valence-corrected chi connectivity index (χ3v) is 4.18. The second kappa shape index (κ2) is 8.64. The monoisotopic (exact) mass is 361 g/mol. The first-order valence-corrected chi connectivity index (χ1v) is 7.34. The molecule has 2 aromatic rings. The third-order valence-electron chi connectivity index (χ3n) is 4.18. The molecule has 1 atom stereocenters. The van der Waals surface area contributed by atoms with Crippen molar-refractivity contribution >= 4 is 41.6 Å². The maximum atomic E-state index is 13.7. The third kappa shape index (κ3) is 3.86. The van der Waals surface area contributed by atoms with Gasteiger partial charge in [0, 0.05) is 44.7 Å². The topological polar surface area (TPSA) is 37.3 Å². The minimum atomic E-state index is -0.439. The van der Waals surface area contributed by atoms with Crippen molar-refractivity contribution in [2.75, 3.05) is 32.9 Å². The first-order valence-electron chi connectivity index (χ1n) is 7.34. The normalized spacial score (nSPS) is 16.4. The number of halogens is 3. The number of nitrogens with one attached hydrogen (secondary N) is 1. The van der Waals surface area contributed by atoms with Gasteiger partial charge in [-0.3, -0.25) is 14.3 Å². The molecule has 3 rings (SSSR count). The SMILES string of the molecule is CC(=O)n1cc([C@H](CF)N2CCNCC2)c2ccccc21.Cl.Cl. The van der Waals surface area contributed by atoms with Gasteiger partial charge in [0.2, 0.25) is 5.91 Å². The number of benzene rings is 1. The number of alkyl halides is 1. The number of hydrogen-bond donors (Lipinski definition) is 1. The van der Waals surface area contributed by atoms with Gasteiger partial charge in [-0.1, -0.05) is 18.2 Å². The molecule has 1 fully saturated rings. The number of carbonyl (C=O) groups is 1. The van der Waals surface area contributed by atoms with E-state index in [1.165, 1.54) is 6.92 Å². The van der Waals surface area contributed by atoms with E-state index >= 15 is 0 Å². The van der Waals surface area contributed by atoms with Crippen molar-refractivity contribution in [3.63, 3.8) is 0 Å². The predicted octanol–water partition coefficient (Wildman–Crippen LogP) is 3.06. The summed E-state index contributed by atoms with van der Waals surface area (Å²) in [4.78, 5) is 14.0. The van der Waals surface area contributed by atoms with Gasteiger partial charge in [-0.2, -0.15) is 0 Å². The van der Waals surface area contributed by atoms with Crippen LogP contribution < -0.4 is 5.32 Å². The van der Waals surface area contributed by atoms with Gasteiger partial charge < -0.3 is 5.32 Å². The second-order valence-corrected chi connectivity index (χ2v) is 5.45. The van der Waals surface area contributed by atoms with Crippen LogP contribution in [0.3, 0.4) is 0 Å². The summed E-state index contributed by atoms with van der Waals surface area (Å²) in [6, 6.07) is 7.43. The molecule has 0 saturated carbocycles. The van der Waals surface area contributed by atoms with E-state index in [1.807, 2.05) is 24.3 Å². The molecule has 0 bridgehead atoms. The van der Waals surface area contributed by atoms with E-state index in [0.717, 1.165) is 42.6 Å². The van der Waals surface area contributed by atoms with Crippen molar-refractivity contribution in [2.24, 2.45) is 0 Å². The molecule has 1 aliphatic rings. The minimum absolute atomic E-state index is 0. The van der Waals surface area contributed by atoms with Crippen LogP contribution in [0.2, 0.25) is 0 Å². The molecule has 1 aromatic heterocycles. The van der Waals surface area contributed by atoms with Gasteiger partial charge in [-0.15, -0.1) is 24.8 Å². The Morgan fingerprint density at radius 1 is 1.26 bits per heavy atom. The van der Waals surface area contributed by atoms with E-state index in [1.54, 1.807) is 10.8 Å². The number of hydrogen-bond acceptors (Lipinski definition) is 3. The number of para-hydroxylation sites is 1. The molecule has 1 aliphatic heterocycles. The number of rotatable bonds is 3. The molecular weight excluding hydrogens is 340 g/mol. The van der Waals surface area contributed by atoms with Gasteiger partial charge in [-0.05, 0) is 11.6 Å². The lowest BCUT2D eigenvalue weighted by atomic mass is 10.0. The Balaban J connectivity index is 0.00000132. The fourth-order valence-corrected chi connectivity index (χ4v) is 3.10. The first-order chi connectivity index (χ1) is 10.2. The molecule has 2 heterocycles. The number of piperazine rings is 1. The molecule has 23 heavy (non-hydrogen) atoms. The quantitative estimate of drug-likeness (QED) is 0.912. The van der Waals surface area contributed by atoms with E-state index in [9.17, 15) is 9.18 Å². The zero-order valence-electron chi connectivity index (χ0n) is 13.0. The summed E-state index contributed by atoms with van der Waals surface area (Å²) in [5, 5.41) is 4.25. The van der Waals surface area contributed by atoms with E-state index in [4.69, 9.17) is 0 Å². The lowest BCUT2D eigenvalue weighted by Gasteiger charge is -2.33. The van der Waals surface area contributed by atoms with Crippen LogP contribution in [0.1, 0.15) is 23.3 Å². The molecular formula is C16H22Cl2FN3O. The Morgan fingerprint density at radius 2 is 1.91 bits per heavy atom. The Kier molecular flexibility index (Phi) is 7.48. The van der Waals surface area contributed by atoms with Crippen LogP contribution >= 0.6 is 24.8 Å². The lowest BCUT2D eigenvalue weighted by Crippen LogP contribution is -2.45. The highest BCUT2D eigenvalue weighted by molar-refractivity contribution is 5.93. The minimum Gasteiger partial charge on any atom is -0.314 e. The van der Waals surface area contributed by atoms with Crippen molar-refractivity contribution in [3.8, 4) is 0 Å². The molecule has 1 aromatic carbocycles. The number of aromatic nitrogens is 1. The van der Waals surface area contributed by atoms with Gasteiger partial charge in [0.05, 0.1) is 11.6 Å². The van der Waals surface area contributed by atoms with Crippen LogP contribution in [0.4, 0.5) is 4.39 Å². The summed E-state index contributed by atoms with van der Waals surface area (Å²) in [7, 11) is 0. The standard InChI is InChI=1S/C16H20FN3O.2ClH/c1-12(21)20-11-14(13-4-2-3-5-15(13)20)16(10-17)19-8-6-18-7-9-19;;/h2-5,11,16,18H,6-10H2,1H3;2*1H/t16-;;/m0../s1. The van der Waals surface area contributed by atoms with E-state index in [-0.39, 0.29) is 36.8 Å². The molecule has 1 N–H and O–H groups in total. The number of carbonyl (C=O) groups excluding carboxylic acids is 1. The van der Waals surface area contributed by atoms with Gasteiger partial charge in [0.1, 0.15) is 6.67 Å². The molecule has 0 amide bonds. The highest BCUT2D eigenvalue weighted by Crippen LogP contribution is 2.30. The molecule has 128 valence electrons. The van der Waals surface area contributed by atoms with E-state index in [2.05, 4.69) is 10.2 Å². The zero-order chi connectivity index (χ0) is 14.8. The summed E-state index contributed by atoms with van der Waals surface area (Å²) < 4.78 is 15.3. The summed E-state index contributed by atoms with van der Waals surface area (Å²) in [6.07, 6.45) is 1.80. The van der Waals surface area contributed by atoms with Gasteiger partial charge in [-0.25, -0.2) is 4.39 Å². The van der Waals surface area contributed by atoms with Crippen molar-refractivity contribution < 1.29 is 9.18 Å². The molecule has 0 aliphatic carbocycles. The first kappa shape index (κ1) is 19.9. The Bertz CT molecular complexity index is 656. The molecule has 0 spiro atoms. The average molecular weight is 362 g/mol. The lowest BCUT2D eigenvalue weighted by molar-refractivity contribution is 0.0940. The molecule has 0 radical (unpaired) electrons. The van der Waals surface area contributed by atoms with Crippen molar-refractivity contribution in [3.05, 3.63) is 36.0 Å². The zero-order valence-corrected chi connectivity index (χ0v) is 14.6. The smallest absolute Gasteiger partial charge is 0.227 e. The molecule has 7 heteroatoms. The largest absolute Gasteiger partial charge is 0.314 e. The summed E-state index contributed by atoms with van der Waals surface area (Å²) in [5.41, 5.74) is 1.76. The number of nitrogens with zero attached hydrogens (tertiary/aromatic N) is 2. The van der Waals surface area contributed by atoms with Gasteiger partial charge in [0.25, 0.3) is 0 Å². The highest BCUT2D eigenvalue weighted by Gasteiger charge is 2.25. The van der Waals surface area contributed by atoms with Crippen LogP contribution in [-0.2, 0) is 0 Å². The predicted molar refractivity (Wildman–Crippen MR) is 95.9 cm³/mol. The molecule has 1 saturated heterocycles. The van der Waals surface area contributed by atoms with Crippen molar-refractivity contribution in [1.29, 1.82) is 0 Å². The van der Waals surface area contributed by atoms with Crippen molar-refractivity contribution in [1.82, 2.24) is 14.8 Å². The van der Waals surface area contributed by atoms with Crippen LogP contribution in [0.25, 0.3) is 10.9 Å². The number of fused-ring (bicyclic) bond motifs is 1. The molecule has 4 nitrogen and oxygen atoms in total. The van der Waals surface area contributed by atoms with Crippen LogP contribution in [0.5, 0.6) is 0 Å².